The quantitative estimate of drug-likeness (QED) is 0.134. The molecule has 0 fully saturated rings. The van der Waals surface area contributed by atoms with Crippen LogP contribution in [0.5, 0.6) is 11.5 Å². The molecular weight excluding hydrogens is 653 g/mol. The molecule has 1 amide bonds. The summed E-state index contributed by atoms with van der Waals surface area (Å²) in [7, 11) is 0. The summed E-state index contributed by atoms with van der Waals surface area (Å²) in [5.41, 5.74) is 5.53. The van der Waals surface area contributed by atoms with Crippen LogP contribution in [0.15, 0.2) is 107 Å². The van der Waals surface area contributed by atoms with Gasteiger partial charge in [-0.1, -0.05) is 89.6 Å². The molecule has 8 nitrogen and oxygen atoms in total. The van der Waals surface area contributed by atoms with Gasteiger partial charge in [-0.25, -0.2) is 4.68 Å². The van der Waals surface area contributed by atoms with E-state index in [9.17, 15) is 4.79 Å². The van der Waals surface area contributed by atoms with E-state index in [-0.39, 0.29) is 12.5 Å². The Balaban J connectivity index is 1.36. The van der Waals surface area contributed by atoms with E-state index >= 15 is 0 Å². The first-order chi connectivity index (χ1) is 22.8. The SMILES string of the molecule is CCOc1cc(C2C(C(=O)Nc3cccc(C)c3)=C(C)Nc3nc(SCc4ccccc4Cl)nn32)ccc1OCc1ccccc1Cl. The number of nitrogens with one attached hydrogen (secondary N) is 2. The fraction of sp³-hybridized carbons (Fsp3) is 0.194. The van der Waals surface area contributed by atoms with Gasteiger partial charge in [-0.05, 0) is 73.9 Å². The van der Waals surface area contributed by atoms with Crippen LogP contribution in [-0.2, 0) is 17.2 Å². The van der Waals surface area contributed by atoms with Crippen molar-refractivity contribution in [3.63, 3.8) is 0 Å². The van der Waals surface area contributed by atoms with Crippen molar-refractivity contribution >= 4 is 52.5 Å². The molecule has 2 heterocycles. The van der Waals surface area contributed by atoms with Gasteiger partial charge in [-0.15, -0.1) is 5.10 Å². The zero-order chi connectivity index (χ0) is 32.9. The number of nitrogens with zero attached hydrogens (tertiary/aromatic N) is 3. The second-order valence-corrected chi connectivity index (χ2v) is 12.7. The number of carbonyl (C=O) groups excluding carboxylic acids is 1. The Bertz CT molecular complexity index is 1960. The monoisotopic (exact) mass is 685 g/mol. The Kier molecular flexibility index (Phi) is 10.1. The first-order valence-corrected chi connectivity index (χ1v) is 16.9. The molecule has 47 heavy (non-hydrogen) atoms. The number of anilines is 2. The van der Waals surface area contributed by atoms with E-state index in [0.29, 0.717) is 62.0 Å². The topological polar surface area (TPSA) is 90.3 Å². The zero-order valence-electron chi connectivity index (χ0n) is 26.1. The van der Waals surface area contributed by atoms with Gasteiger partial charge in [-0.3, -0.25) is 4.79 Å². The summed E-state index contributed by atoms with van der Waals surface area (Å²) in [5.74, 6) is 1.96. The van der Waals surface area contributed by atoms with Crippen LogP contribution in [0.2, 0.25) is 10.0 Å². The minimum absolute atomic E-state index is 0.256. The lowest BCUT2D eigenvalue weighted by Gasteiger charge is -2.29. The Morgan fingerprint density at radius 3 is 2.38 bits per heavy atom. The maximum Gasteiger partial charge on any atom is 0.255 e. The summed E-state index contributed by atoms with van der Waals surface area (Å²) in [4.78, 5) is 18.8. The molecule has 4 aromatic carbocycles. The molecule has 0 aliphatic carbocycles. The van der Waals surface area contributed by atoms with Gasteiger partial charge in [0.1, 0.15) is 12.6 Å². The number of rotatable bonds is 11. The third kappa shape index (κ3) is 7.43. The molecule has 0 radical (unpaired) electrons. The molecule has 1 aliphatic heterocycles. The molecule has 1 aliphatic rings. The number of benzene rings is 4. The lowest BCUT2D eigenvalue weighted by atomic mass is 9.94. The normalized spacial score (nSPS) is 13.9. The van der Waals surface area contributed by atoms with E-state index in [2.05, 4.69) is 10.6 Å². The summed E-state index contributed by atoms with van der Waals surface area (Å²) in [6.45, 7) is 6.47. The molecule has 5 aromatic rings. The number of amides is 1. The predicted octanol–water partition coefficient (Wildman–Crippen LogP) is 9.09. The Hall–Kier alpha value is -4.44. The molecule has 240 valence electrons. The van der Waals surface area contributed by atoms with E-state index in [1.807, 2.05) is 112 Å². The van der Waals surface area contributed by atoms with Gasteiger partial charge in [0.25, 0.3) is 5.91 Å². The van der Waals surface area contributed by atoms with Gasteiger partial charge in [0, 0.05) is 32.7 Å². The summed E-state index contributed by atoms with van der Waals surface area (Å²) in [6, 6.07) is 28.0. The number of aromatic nitrogens is 3. The molecule has 1 atom stereocenters. The molecule has 0 saturated carbocycles. The molecule has 0 spiro atoms. The van der Waals surface area contributed by atoms with Gasteiger partial charge >= 0.3 is 0 Å². The van der Waals surface area contributed by atoms with Crippen LogP contribution in [0.4, 0.5) is 11.6 Å². The van der Waals surface area contributed by atoms with Crippen LogP contribution in [0, 0.1) is 6.92 Å². The van der Waals surface area contributed by atoms with Gasteiger partial charge in [0.05, 0.1) is 12.2 Å². The number of fused-ring (bicyclic) bond motifs is 1. The highest BCUT2D eigenvalue weighted by Crippen LogP contribution is 2.40. The number of carbonyl (C=O) groups is 1. The van der Waals surface area contributed by atoms with E-state index in [1.54, 1.807) is 4.68 Å². The number of hydrogen-bond acceptors (Lipinski definition) is 7. The summed E-state index contributed by atoms with van der Waals surface area (Å²) >= 11 is 14.3. The molecule has 0 saturated heterocycles. The highest BCUT2D eigenvalue weighted by Gasteiger charge is 2.35. The van der Waals surface area contributed by atoms with Crippen LogP contribution in [0.25, 0.3) is 0 Å². The summed E-state index contributed by atoms with van der Waals surface area (Å²) < 4.78 is 14.0. The van der Waals surface area contributed by atoms with E-state index < -0.39 is 6.04 Å². The van der Waals surface area contributed by atoms with Gasteiger partial charge in [0.2, 0.25) is 11.1 Å². The van der Waals surface area contributed by atoms with Crippen molar-refractivity contribution in [3.8, 4) is 11.5 Å². The fourth-order valence-corrected chi connectivity index (χ4v) is 6.63. The van der Waals surface area contributed by atoms with E-state index in [1.165, 1.54) is 11.8 Å². The van der Waals surface area contributed by atoms with Crippen LogP contribution in [0.3, 0.4) is 0 Å². The highest BCUT2D eigenvalue weighted by atomic mass is 35.5. The minimum atomic E-state index is -0.616. The average molecular weight is 687 g/mol. The fourth-order valence-electron chi connectivity index (χ4n) is 5.33. The Labute approximate surface area is 288 Å². The molecule has 6 rings (SSSR count). The zero-order valence-corrected chi connectivity index (χ0v) is 28.4. The van der Waals surface area contributed by atoms with Crippen LogP contribution in [-0.4, -0.2) is 27.3 Å². The number of thioether (sulfide) groups is 1. The minimum Gasteiger partial charge on any atom is -0.490 e. The number of aryl methyl sites for hydroxylation is 1. The Morgan fingerprint density at radius 2 is 1.66 bits per heavy atom. The van der Waals surface area contributed by atoms with Crippen molar-refractivity contribution in [1.82, 2.24) is 14.8 Å². The number of hydrogen-bond donors (Lipinski definition) is 2. The number of ether oxygens (including phenoxy) is 2. The first-order valence-electron chi connectivity index (χ1n) is 15.1. The standard InChI is InChI=1S/C36H33Cl2N5O3S/c1-4-45-31-19-24(16-17-30(31)46-20-25-11-5-7-14-28(25)37)33-32(34(44)40-27-13-9-10-22(2)18-27)23(3)39-35-41-36(42-43(33)35)47-21-26-12-6-8-15-29(26)38/h5-19,33H,4,20-21H2,1-3H3,(H,40,44)(H,39,41,42). The molecule has 0 bridgehead atoms. The lowest BCUT2D eigenvalue weighted by molar-refractivity contribution is -0.113. The second kappa shape index (κ2) is 14.5. The maximum absolute atomic E-state index is 14.0. The number of halogens is 2. The maximum atomic E-state index is 14.0. The van der Waals surface area contributed by atoms with Crippen molar-refractivity contribution in [2.45, 2.75) is 44.3 Å². The third-order valence-electron chi connectivity index (χ3n) is 7.59. The molecule has 1 aromatic heterocycles. The van der Waals surface area contributed by atoms with Gasteiger partial charge < -0.3 is 20.1 Å². The van der Waals surface area contributed by atoms with Crippen molar-refractivity contribution in [1.29, 1.82) is 0 Å². The van der Waals surface area contributed by atoms with Crippen molar-refractivity contribution in [2.75, 3.05) is 17.2 Å². The van der Waals surface area contributed by atoms with E-state index in [0.717, 1.165) is 22.3 Å². The highest BCUT2D eigenvalue weighted by molar-refractivity contribution is 7.98. The lowest BCUT2D eigenvalue weighted by Crippen LogP contribution is -2.31. The molecule has 11 heteroatoms. The summed E-state index contributed by atoms with van der Waals surface area (Å²) in [5, 5.41) is 13.1. The molecule has 1 unspecified atom stereocenters. The van der Waals surface area contributed by atoms with Crippen LogP contribution in [0.1, 0.15) is 42.1 Å². The largest absolute Gasteiger partial charge is 0.490 e. The summed E-state index contributed by atoms with van der Waals surface area (Å²) in [6.07, 6.45) is 0. The average Bonchev–Trinajstić information content (AvgIpc) is 3.46. The van der Waals surface area contributed by atoms with Crippen molar-refractivity contribution in [3.05, 3.63) is 135 Å². The van der Waals surface area contributed by atoms with Crippen LogP contribution < -0.4 is 20.1 Å². The van der Waals surface area contributed by atoms with Gasteiger partial charge in [-0.2, -0.15) is 4.98 Å². The Morgan fingerprint density at radius 1 is 0.915 bits per heavy atom. The predicted molar refractivity (Wildman–Crippen MR) is 189 cm³/mol. The second-order valence-electron chi connectivity index (χ2n) is 11.0. The third-order valence-corrected chi connectivity index (χ3v) is 9.22. The first kappa shape index (κ1) is 32.5. The molecule has 2 N–H and O–H groups in total. The van der Waals surface area contributed by atoms with Crippen LogP contribution >= 0.6 is 35.0 Å². The van der Waals surface area contributed by atoms with Crippen molar-refractivity contribution < 1.29 is 14.3 Å². The number of allylic oxidation sites excluding steroid dienone is 1. The smallest absolute Gasteiger partial charge is 0.255 e. The van der Waals surface area contributed by atoms with Gasteiger partial charge in [0.15, 0.2) is 11.5 Å². The molecular formula is C36H33Cl2N5O3S. The van der Waals surface area contributed by atoms with Crippen molar-refractivity contribution in [2.24, 2.45) is 0 Å². The van der Waals surface area contributed by atoms with E-state index in [4.69, 9.17) is 42.8 Å².